The van der Waals surface area contributed by atoms with Crippen molar-refractivity contribution in [2.45, 2.75) is 13.0 Å². The van der Waals surface area contributed by atoms with Crippen molar-refractivity contribution in [3.8, 4) is 5.69 Å². The largest absolute Gasteiger partial charge is 0.378 e. The second-order valence-electron chi connectivity index (χ2n) is 4.39. The van der Waals surface area contributed by atoms with E-state index in [9.17, 15) is 0 Å². The smallest absolute Gasteiger partial charge is 0.138 e. The Morgan fingerprint density at radius 1 is 1.20 bits per heavy atom. The van der Waals surface area contributed by atoms with Gasteiger partial charge in [0.2, 0.25) is 0 Å². The Hall–Kier alpha value is -1.85. The van der Waals surface area contributed by atoms with Crippen LogP contribution in [0, 0.1) is 0 Å². The molecule has 0 saturated carbocycles. The minimum atomic E-state index is 0.227. The Kier molecular flexibility index (Phi) is 3.71. The highest BCUT2D eigenvalue weighted by atomic mass is 35.5. The van der Waals surface area contributed by atoms with Crippen LogP contribution in [-0.2, 0) is 0 Å². The van der Waals surface area contributed by atoms with E-state index in [2.05, 4.69) is 28.4 Å². The van der Waals surface area contributed by atoms with Gasteiger partial charge in [0.25, 0.3) is 0 Å². The maximum absolute atomic E-state index is 5.96. The SMILES string of the molecule is CC(Nc1ccc(-n2cncn2)cc1)c1ccc(Cl)s1. The first kappa shape index (κ1) is 13.1. The predicted octanol–water partition coefficient (Wildman–Crippen LogP) is 4.16. The van der Waals surface area contributed by atoms with Crippen LogP contribution >= 0.6 is 22.9 Å². The number of hydrogen-bond donors (Lipinski definition) is 1. The normalized spacial score (nSPS) is 12.3. The van der Waals surface area contributed by atoms with Gasteiger partial charge in [-0.3, -0.25) is 0 Å². The lowest BCUT2D eigenvalue weighted by Crippen LogP contribution is -2.04. The number of hydrogen-bond acceptors (Lipinski definition) is 4. The summed E-state index contributed by atoms with van der Waals surface area (Å²) in [6.07, 6.45) is 3.20. The zero-order valence-electron chi connectivity index (χ0n) is 10.8. The van der Waals surface area contributed by atoms with E-state index in [4.69, 9.17) is 11.6 Å². The number of halogens is 1. The number of anilines is 1. The molecule has 0 amide bonds. The molecule has 0 saturated heterocycles. The summed E-state index contributed by atoms with van der Waals surface area (Å²) in [5, 5.41) is 7.55. The fraction of sp³-hybridized carbons (Fsp3) is 0.143. The first-order chi connectivity index (χ1) is 9.72. The molecule has 0 aliphatic carbocycles. The van der Waals surface area contributed by atoms with Gasteiger partial charge in [-0.05, 0) is 43.3 Å². The molecule has 2 heterocycles. The molecule has 0 aliphatic heterocycles. The molecule has 3 rings (SSSR count). The molecule has 4 nitrogen and oxygen atoms in total. The average Bonchev–Trinajstić information content (AvgIpc) is 3.10. The standard InChI is InChI=1S/C14H13ClN4S/c1-10(13-6-7-14(15)20-13)18-11-2-4-12(5-3-11)19-9-16-8-17-19/h2-10,18H,1H3. The van der Waals surface area contributed by atoms with Crippen LogP contribution in [0.4, 0.5) is 5.69 Å². The van der Waals surface area contributed by atoms with Crippen LogP contribution in [0.25, 0.3) is 5.69 Å². The van der Waals surface area contributed by atoms with Crippen molar-refractivity contribution in [1.29, 1.82) is 0 Å². The molecular weight excluding hydrogens is 292 g/mol. The molecule has 2 aromatic heterocycles. The summed E-state index contributed by atoms with van der Waals surface area (Å²) in [6, 6.07) is 12.3. The fourth-order valence-corrected chi connectivity index (χ4v) is 3.00. The van der Waals surface area contributed by atoms with Crippen LogP contribution in [0.1, 0.15) is 17.8 Å². The molecule has 3 aromatic rings. The molecule has 0 radical (unpaired) electrons. The van der Waals surface area contributed by atoms with E-state index in [0.29, 0.717) is 0 Å². The molecule has 0 spiro atoms. The molecule has 102 valence electrons. The van der Waals surface area contributed by atoms with Crippen LogP contribution in [0.2, 0.25) is 4.34 Å². The fourth-order valence-electron chi connectivity index (χ4n) is 1.93. The summed E-state index contributed by atoms with van der Waals surface area (Å²) in [6.45, 7) is 2.12. The second kappa shape index (κ2) is 5.64. The van der Waals surface area contributed by atoms with Crippen molar-refractivity contribution >= 4 is 28.6 Å². The molecule has 6 heteroatoms. The summed E-state index contributed by atoms with van der Waals surface area (Å²) in [5.41, 5.74) is 2.05. The monoisotopic (exact) mass is 304 g/mol. The van der Waals surface area contributed by atoms with Crippen molar-refractivity contribution in [2.24, 2.45) is 0 Å². The molecule has 1 aromatic carbocycles. The lowest BCUT2D eigenvalue weighted by molar-refractivity contribution is 0.876. The topological polar surface area (TPSA) is 42.7 Å². The van der Waals surface area contributed by atoms with Crippen LogP contribution in [0.5, 0.6) is 0 Å². The third kappa shape index (κ3) is 2.84. The summed E-state index contributed by atoms with van der Waals surface area (Å²) in [7, 11) is 0. The zero-order chi connectivity index (χ0) is 13.9. The van der Waals surface area contributed by atoms with Gasteiger partial charge in [0, 0.05) is 10.6 Å². The van der Waals surface area contributed by atoms with Crippen LogP contribution in [-0.4, -0.2) is 14.8 Å². The molecular formula is C14H13ClN4S. The van der Waals surface area contributed by atoms with Gasteiger partial charge in [-0.25, -0.2) is 9.67 Å². The lowest BCUT2D eigenvalue weighted by Gasteiger charge is -2.14. The molecule has 1 N–H and O–H groups in total. The van der Waals surface area contributed by atoms with Gasteiger partial charge in [0.05, 0.1) is 16.1 Å². The van der Waals surface area contributed by atoms with Crippen molar-refractivity contribution in [3.63, 3.8) is 0 Å². The quantitative estimate of drug-likeness (QED) is 0.787. The number of rotatable bonds is 4. The van der Waals surface area contributed by atoms with Gasteiger partial charge >= 0.3 is 0 Å². The lowest BCUT2D eigenvalue weighted by atomic mass is 10.2. The number of aromatic nitrogens is 3. The number of nitrogens with one attached hydrogen (secondary N) is 1. The van der Waals surface area contributed by atoms with E-state index in [0.717, 1.165) is 15.7 Å². The zero-order valence-corrected chi connectivity index (χ0v) is 12.4. The third-order valence-corrected chi connectivity index (χ3v) is 4.37. The second-order valence-corrected chi connectivity index (χ2v) is 6.14. The van der Waals surface area contributed by atoms with Crippen LogP contribution < -0.4 is 5.32 Å². The van der Waals surface area contributed by atoms with Crippen molar-refractivity contribution < 1.29 is 0 Å². The molecule has 0 fully saturated rings. The minimum absolute atomic E-state index is 0.227. The van der Waals surface area contributed by atoms with Gasteiger partial charge in [-0.2, -0.15) is 5.10 Å². The molecule has 20 heavy (non-hydrogen) atoms. The van der Waals surface area contributed by atoms with E-state index in [1.807, 2.05) is 30.3 Å². The van der Waals surface area contributed by atoms with Gasteiger partial charge in [-0.15, -0.1) is 11.3 Å². The molecule has 0 aliphatic rings. The highest BCUT2D eigenvalue weighted by Gasteiger charge is 2.08. The molecule has 1 atom stereocenters. The highest BCUT2D eigenvalue weighted by molar-refractivity contribution is 7.16. The van der Waals surface area contributed by atoms with Crippen molar-refractivity contribution in [3.05, 3.63) is 58.3 Å². The molecule has 1 unspecified atom stereocenters. The van der Waals surface area contributed by atoms with E-state index in [-0.39, 0.29) is 6.04 Å². The average molecular weight is 305 g/mol. The van der Waals surface area contributed by atoms with Crippen molar-refractivity contribution in [1.82, 2.24) is 14.8 Å². The predicted molar refractivity (Wildman–Crippen MR) is 82.7 cm³/mol. The minimum Gasteiger partial charge on any atom is -0.378 e. The number of benzene rings is 1. The van der Waals surface area contributed by atoms with Crippen LogP contribution in [0.15, 0.2) is 49.1 Å². The van der Waals surface area contributed by atoms with Crippen molar-refractivity contribution in [2.75, 3.05) is 5.32 Å². The van der Waals surface area contributed by atoms with Crippen LogP contribution in [0.3, 0.4) is 0 Å². The Bertz CT molecular complexity index is 676. The van der Waals surface area contributed by atoms with E-state index < -0.39 is 0 Å². The number of nitrogens with zero attached hydrogens (tertiary/aromatic N) is 3. The van der Waals surface area contributed by atoms with Gasteiger partial charge in [-0.1, -0.05) is 11.6 Å². The summed E-state index contributed by atoms with van der Waals surface area (Å²) >= 11 is 7.56. The first-order valence-corrected chi connectivity index (χ1v) is 7.38. The van der Waals surface area contributed by atoms with E-state index >= 15 is 0 Å². The highest BCUT2D eigenvalue weighted by Crippen LogP contribution is 2.29. The summed E-state index contributed by atoms with van der Waals surface area (Å²) in [4.78, 5) is 5.15. The number of thiophene rings is 1. The Morgan fingerprint density at radius 3 is 2.60 bits per heavy atom. The summed E-state index contributed by atoms with van der Waals surface area (Å²) in [5.74, 6) is 0. The maximum Gasteiger partial charge on any atom is 0.138 e. The van der Waals surface area contributed by atoms with E-state index in [1.165, 1.54) is 11.2 Å². The maximum atomic E-state index is 5.96. The van der Waals surface area contributed by atoms with Gasteiger partial charge in [0.1, 0.15) is 12.7 Å². The van der Waals surface area contributed by atoms with Gasteiger partial charge in [0.15, 0.2) is 0 Å². The Morgan fingerprint density at radius 2 is 2.00 bits per heavy atom. The third-order valence-electron chi connectivity index (χ3n) is 2.95. The Balaban J connectivity index is 1.72. The van der Waals surface area contributed by atoms with E-state index in [1.54, 1.807) is 22.3 Å². The van der Waals surface area contributed by atoms with Gasteiger partial charge < -0.3 is 5.32 Å². The molecule has 0 bridgehead atoms. The summed E-state index contributed by atoms with van der Waals surface area (Å²) < 4.78 is 2.54. The Labute approximate surface area is 126 Å². The first-order valence-electron chi connectivity index (χ1n) is 6.19.